The monoisotopic (exact) mass is 425 g/mol. The molecule has 0 aliphatic carbocycles. The Morgan fingerprint density at radius 3 is 2.41 bits per heavy atom. The quantitative estimate of drug-likeness (QED) is 0.390. The molecule has 0 saturated heterocycles. The second kappa shape index (κ2) is 8.41. The minimum atomic E-state index is -5.12. The smallest absolute Gasteiger partial charge is 0.452 e. The van der Waals surface area contributed by atoms with Crippen molar-refractivity contribution in [2.45, 2.75) is 19.5 Å². The summed E-state index contributed by atoms with van der Waals surface area (Å²) in [6.07, 6.45) is -9.88. The van der Waals surface area contributed by atoms with Crippen molar-refractivity contribution in [2.24, 2.45) is 0 Å². The lowest BCUT2D eigenvalue weighted by atomic mass is 10.1. The van der Waals surface area contributed by atoms with E-state index in [0.717, 1.165) is 18.2 Å². The van der Waals surface area contributed by atoms with Crippen LogP contribution < -0.4 is 9.47 Å². The van der Waals surface area contributed by atoms with Gasteiger partial charge in [0.2, 0.25) is 0 Å². The Kier molecular flexibility index (Phi) is 5.17. The Morgan fingerprint density at radius 2 is 1.79 bits per heavy atom. The molecule has 0 aromatic heterocycles. The van der Waals surface area contributed by atoms with Crippen LogP contribution in [0.25, 0.3) is 0 Å². The van der Waals surface area contributed by atoms with Crippen LogP contribution in [0.3, 0.4) is 0 Å². The molecule has 0 radical (unpaired) electrons. The first kappa shape index (κ1) is 17.8. The highest BCUT2D eigenvalue weighted by Crippen LogP contribution is 2.24. The fourth-order valence-electron chi connectivity index (χ4n) is 1.91. The Bertz CT molecular complexity index is 1050. The molecule has 2 aromatic rings. The van der Waals surface area contributed by atoms with Crippen LogP contribution in [0.4, 0.5) is 26.3 Å². The van der Waals surface area contributed by atoms with Gasteiger partial charge in [0.05, 0.1) is 15.2 Å². The molecule has 0 heterocycles. The zero-order valence-electron chi connectivity index (χ0n) is 17.3. The molecule has 2 rings (SSSR count). The van der Waals surface area contributed by atoms with E-state index in [9.17, 15) is 35.9 Å². The summed E-state index contributed by atoms with van der Waals surface area (Å²) in [4.78, 5) is 24.1. The van der Waals surface area contributed by atoms with E-state index < -0.39 is 66.3 Å². The maximum Gasteiger partial charge on any atom is 0.573 e. The summed E-state index contributed by atoms with van der Waals surface area (Å²) < 4.78 is 109. The molecule has 0 aliphatic rings. The molecular formula is C18H12F6O5. The Balaban J connectivity index is 2.24. The van der Waals surface area contributed by atoms with Crippen LogP contribution in [0.5, 0.6) is 11.5 Å². The number of ether oxygens (including phenoxy) is 3. The van der Waals surface area contributed by atoms with E-state index >= 15 is 0 Å². The molecular weight excluding hydrogens is 410 g/mol. The van der Waals surface area contributed by atoms with Crippen LogP contribution in [-0.4, -0.2) is 31.1 Å². The summed E-state index contributed by atoms with van der Waals surface area (Å²) in [5.41, 5.74) is -1.18. The number of carbonyl (C=O) groups excluding carboxylic acids is 2. The van der Waals surface area contributed by atoms with Gasteiger partial charge >= 0.3 is 24.5 Å². The minimum absolute atomic E-state index is 0.177. The first-order valence-electron chi connectivity index (χ1n) is 9.03. The highest BCUT2D eigenvalue weighted by Gasteiger charge is 2.31. The SMILES string of the molecule is [1H]c1c(OC(F)(F)F)ccc(C(=O)Oc2ccc(C(=O)OCC(F)(F)F)c(C)c2[3H])c1[2H]. The van der Waals surface area contributed by atoms with Gasteiger partial charge in [0.25, 0.3) is 0 Å². The van der Waals surface area contributed by atoms with E-state index in [1.807, 2.05) is 0 Å². The van der Waals surface area contributed by atoms with Crippen molar-refractivity contribution in [3.05, 3.63) is 59.1 Å². The maximum absolute atomic E-state index is 12.3. The zero-order valence-corrected chi connectivity index (χ0v) is 14.3. The second-order valence-corrected chi connectivity index (χ2v) is 5.35. The summed E-state index contributed by atoms with van der Waals surface area (Å²) in [5.74, 6) is -4.14. The molecule has 5 nitrogen and oxygen atoms in total. The van der Waals surface area contributed by atoms with Gasteiger partial charge in [0.1, 0.15) is 11.5 Å². The highest BCUT2D eigenvalue weighted by atomic mass is 19.4. The molecule has 2 aromatic carbocycles. The van der Waals surface area contributed by atoms with Crippen LogP contribution in [-0.2, 0) is 4.74 Å². The third-order valence-electron chi connectivity index (χ3n) is 3.07. The van der Waals surface area contributed by atoms with Crippen LogP contribution in [0.15, 0.2) is 42.4 Å². The van der Waals surface area contributed by atoms with Gasteiger partial charge in [-0.05, 0) is 54.9 Å². The molecule has 156 valence electrons. The molecule has 0 bridgehead atoms. The molecule has 0 saturated carbocycles. The molecule has 11 heteroatoms. The number of hydrogen-bond acceptors (Lipinski definition) is 5. The predicted octanol–water partition coefficient (Wildman–Crippen LogP) is 4.83. The maximum atomic E-state index is 12.3. The standard InChI is InChI=1S/C18H12F6O5/c1-10-8-13(6-7-14(10)16(26)27-9-17(19,20)21)28-15(25)11-2-4-12(5-3-11)29-18(22,23)24/h2-8H,9H2,1H3/i2D,4H,8T. The molecule has 0 aliphatic heterocycles. The van der Waals surface area contributed by atoms with Crippen molar-refractivity contribution in [1.82, 2.24) is 0 Å². The zero-order chi connectivity index (χ0) is 24.4. The minimum Gasteiger partial charge on any atom is -0.452 e. The summed E-state index contributed by atoms with van der Waals surface area (Å²) in [5, 5.41) is 0. The van der Waals surface area contributed by atoms with Crippen molar-refractivity contribution in [1.29, 1.82) is 0 Å². The number of halogens is 6. The van der Waals surface area contributed by atoms with E-state index in [1.54, 1.807) is 0 Å². The van der Waals surface area contributed by atoms with Gasteiger partial charge in [-0.2, -0.15) is 13.2 Å². The molecule has 29 heavy (non-hydrogen) atoms. The van der Waals surface area contributed by atoms with Crippen molar-refractivity contribution in [3.63, 3.8) is 0 Å². The Hall–Kier alpha value is -3.24. The largest absolute Gasteiger partial charge is 0.573 e. The van der Waals surface area contributed by atoms with Gasteiger partial charge in [-0.25, -0.2) is 9.59 Å². The van der Waals surface area contributed by atoms with Crippen LogP contribution in [0.1, 0.15) is 30.4 Å². The predicted molar refractivity (Wildman–Crippen MR) is 85.6 cm³/mol. The lowest BCUT2D eigenvalue weighted by Crippen LogP contribution is -2.20. The normalized spacial score (nSPS) is 13.1. The van der Waals surface area contributed by atoms with Gasteiger partial charge < -0.3 is 14.2 Å². The van der Waals surface area contributed by atoms with E-state index in [-0.39, 0.29) is 11.1 Å². The lowest BCUT2D eigenvalue weighted by Gasteiger charge is -2.11. The fraction of sp³-hybridized carbons (Fsp3) is 0.222. The number of hydrogen-bond donors (Lipinski definition) is 0. The number of rotatable bonds is 5. The Morgan fingerprint density at radius 1 is 1.14 bits per heavy atom. The highest BCUT2D eigenvalue weighted by molar-refractivity contribution is 5.93. The first-order valence-corrected chi connectivity index (χ1v) is 7.53. The summed E-state index contributed by atoms with van der Waals surface area (Å²) in [6.45, 7) is -0.657. The average molecular weight is 425 g/mol. The number of benzene rings is 2. The van der Waals surface area contributed by atoms with E-state index in [0.29, 0.717) is 6.07 Å². The second-order valence-electron chi connectivity index (χ2n) is 5.35. The van der Waals surface area contributed by atoms with Gasteiger partial charge in [-0.15, -0.1) is 13.2 Å². The van der Waals surface area contributed by atoms with Crippen molar-refractivity contribution >= 4 is 11.9 Å². The van der Waals surface area contributed by atoms with Gasteiger partial charge in [-0.1, -0.05) is 0 Å². The summed E-state index contributed by atoms with van der Waals surface area (Å²) >= 11 is 0. The summed E-state index contributed by atoms with van der Waals surface area (Å²) in [6, 6.07) is 0.722. The third-order valence-corrected chi connectivity index (χ3v) is 3.07. The molecule has 0 atom stereocenters. The number of carbonyl (C=O) groups is 2. The van der Waals surface area contributed by atoms with Crippen LogP contribution in [0, 0.1) is 6.92 Å². The first-order chi connectivity index (χ1) is 14.6. The third kappa shape index (κ3) is 7.01. The van der Waals surface area contributed by atoms with Gasteiger partial charge in [0.15, 0.2) is 6.61 Å². The molecule has 0 amide bonds. The van der Waals surface area contributed by atoms with E-state index in [2.05, 4.69) is 9.47 Å². The Labute approximate surface area is 164 Å². The molecule has 0 fully saturated rings. The van der Waals surface area contributed by atoms with Crippen LogP contribution in [0.2, 0.25) is 0 Å². The topological polar surface area (TPSA) is 61.8 Å². The lowest BCUT2D eigenvalue weighted by molar-refractivity contribution is -0.274. The van der Waals surface area contributed by atoms with E-state index in [4.69, 9.17) is 8.85 Å². The molecule has 0 N–H and O–H groups in total. The summed E-state index contributed by atoms with van der Waals surface area (Å²) in [7, 11) is 0. The van der Waals surface area contributed by atoms with Crippen molar-refractivity contribution in [3.8, 4) is 11.5 Å². The number of esters is 2. The van der Waals surface area contributed by atoms with Gasteiger partial charge in [0, 0.05) is 0 Å². The van der Waals surface area contributed by atoms with Crippen LogP contribution >= 0.6 is 0 Å². The van der Waals surface area contributed by atoms with Crippen molar-refractivity contribution in [2.75, 3.05) is 6.61 Å². The molecule has 0 spiro atoms. The average Bonchev–Trinajstić information content (AvgIpc) is 2.66. The molecule has 0 unspecified atom stereocenters. The fourth-order valence-corrected chi connectivity index (χ4v) is 1.91. The van der Waals surface area contributed by atoms with Gasteiger partial charge in [-0.3, -0.25) is 0 Å². The van der Waals surface area contributed by atoms with E-state index in [1.165, 1.54) is 6.92 Å². The number of alkyl halides is 6. The van der Waals surface area contributed by atoms with Crippen molar-refractivity contribution < 1.29 is 54.3 Å².